The number of nitrogens with two attached hydrogens (primary N) is 1. The van der Waals surface area contributed by atoms with Crippen LogP contribution in [0.1, 0.15) is 22.3 Å². The number of rotatable bonds is 4. The van der Waals surface area contributed by atoms with E-state index in [0.29, 0.717) is 11.1 Å². The molecule has 0 spiro atoms. The van der Waals surface area contributed by atoms with Crippen molar-refractivity contribution in [3.05, 3.63) is 64.5 Å². The first-order valence-corrected chi connectivity index (χ1v) is 6.48. The molecule has 3 N–H and O–H groups in total. The van der Waals surface area contributed by atoms with Gasteiger partial charge in [-0.2, -0.15) is 0 Å². The minimum absolute atomic E-state index is 0.0512. The van der Waals surface area contributed by atoms with E-state index in [9.17, 15) is 4.39 Å². The molecule has 0 radical (unpaired) electrons. The Bertz CT molecular complexity index is 684. The smallest absolute Gasteiger partial charge is 0.170 e. The van der Waals surface area contributed by atoms with Crippen molar-refractivity contribution in [2.24, 2.45) is 10.9 Å². The quantitative estimate of drug-likeness (QED) is 0.393. The molecule has 2 aromatic rings. The van der Waals surface area contributed by atoms with E-state index < -0.39 is 0 Å². The molecule has 2 aromatic carbocycles. The molecular weight excluding hydrogens is 271 g/mol. The lowest BCUT2D eigenvalue weighted by Crippen LogP contribution is -2.13. The molecule has 0 aromatic heterocycles. The van der Waals surface area contributed by atoms with Crippen LogP contribution in [-0.4, -0.2) is 11.0 Å². The molecule has 0 saturated heterocycles. The maximum Gasteiger partial charge on any atom is 0.170 e. The summed E-state index contributed by atoms with van der Waals surface area (Å²) in [5.74, 6) is -0.0614. The molecular formula is C16H17FN2O2. The average Bonchev–Trinajstić information content (AvgIpc) is 2.49. The fraction of sp³-hybridized carbons (Fsp3) is 0.188. The second-order valence-corrected chi connectivity index (χ2v) is 4.80. The molecule has 0 aliphatic heterocycles. The van der Waals surface area contributed by atoms with Gasteiger partial charge in [-0.25, -0.2) is 4.39 Å². The summed E-state index contributed by atoms with van der Waals surface area (Å²) in [5, 5.41) is 11.6. The van der Waals surface area contributed by atoms with Crippen LogP contribution in [0, 0.1) is 19.7 Å². The zero-order chi connectivity index (χ0) is 15.4. The second-order valence-electron chi connectivity index (χ2n) is 4.80. The minimum Gasteiger partial charge on any atom is -0.486 e. The molecule has 0 unspecified atom stereocenters. The van der Waals surface area contributed by atoms with Crippen LogP contribution in [-0.2, 0) is 6.61 Å². The first kappa shape index (κ1) is 14.8. The first-order valence-electron chi connectivity index (χ1n) is 6.48. The molecule has 0 fully saturated rings. The third-order valence-corrected chi connectivity index (χ3v) is 3.29. The monoisotopic (exact) mass is 288 g/mol. The lowest BCUT2D eigenvalue weighted by Gasteiger charge is -2.11. The number of ether oxygens (including phenoxy) is 1. The van der Waals surface area contributed by atoms with Gasteiger partial charge in [0.1, 0.15) is 6.61 Å². The standard InChI is InChI=1S/C16H17FN2O2/c1-10-4-3-5-14(15(10)17)21-9-13-7-6-12(8-11(13)2)16(18)19-20/h3-8,20H,9H2,1-2H3,(H2,18,19). The van der Waals surface area contributed by atoms with E-state index in [1.165, 1.54) is 0 Å². The van der Waals surface area contributed by atoms with E-state index in [2.05, 4.69) is 5.16 Å². The summed E-state index contributed by atoms with van der Waals surface area (Å²) in [4.78, 5) is 0. The van der Waals surface area contributed by atoms with Gasteiger partial charge in [0, 0.05) is 5.56 Å². The van der Waals surface area contributed by atoms with E-state index >= 15 is 0 Å². The van der Waals surface area contributed by atoms with Crippen LogP contribution < -0.4 is 10.5 Å². The van der Waals surface area contributed by atoms with Gasteiger partial charge in [-0.15, -0.1) is 0 Å². The number of hydrogen-bond acceptors (Lipinski definition) is 3. The molecule has 4 nitrogen and oxygen atoms in total. The molecule has 0 atom stereocenters. The number of benzene rings is 2. The topological polar surface area (TPSA) is 67.8 Å². The van der Waals surface area contributed by atoms with Crippen molar-refractivity contribution in [1.29, 1.82) is 0 Å². The normalized spacial score (nSPS) is 11.5. The first-order chi connectivity index (χ1) is 10.0. The van der Waals surface area contributed by atoms with Crippen molar-refractivity contribution in [2.45, 2.75) is 20.5 Å². The Morgan fingerprint density at radius 1 is 1.24 bits per heavy atom. The van der Waals surface area contributed by atoms with Gasteiger partial charge in [0.2, 0.25) is 0 Å². The van der Waals surface area contributed by atoms with Gasteiger partial charge >= 0.3 is 0 Å². The van der Waals surface area contributed by atoms with E-state index in [1.807, 2.05) is 13.0 Å². The Labute approximate surface area is 122 Å². The van der Waals surface area contributed by atoms with Gasteiger partial charge in [-0.05, 0) is 42.7 Å². The summed E-state index contributed by atoms with van der Waals surface area (Å²) in [6, 6.07) is 10.4. The van der Waals surface area contributed by atoms with E-state index in [1.54, 1.807) is 37.3 Å². The van der Waals surface area contributed by atoms with E-state index in [0.717, 1.165) is 11.1 Å². The van der Waals surface area contributed by atoms with Gasteiger partial charge in [0.25, 0.3) is 0 Å². The lowest BCUT2D eigenvalue weighted by molar-refractivity contribution is 0.289. The zero-order valence-electron chi connectivity index (χ0n) is 11.9. The van der Waals surface area contributed by atoms with Crippen LogP contribution >= 0.6 is 0 Å². The van der Waals surface area contributed by atoms with Gasteiger partial charge in [0.05, 0.1) is 0 Å². The van der Waals surface area contributed by atoms with Crippen molar-refractivity contribution in [3.63, 3.8) is 0 Å². The second kappa shape index (κ2) is 6.26. The Morgan fingerprint density at radius 3 is 2.67 bits per heavy atom. The van der Waals surface area contributed by atoms with Crippen LogP contribution in [0.2, 0.25) is 0 Å². The fourth-order valence-corrected chi connectivity index (χ4v) is 1.96. The number of hydrogen-bond donors (Lipinski definition) is 2. The summed E-state index contributed by atoms with van der Waals surface area (Å²) in [7, 11) is 0. The highest BCUT2D eigenvalue weighted by Crippen LogP contribution is 2.21. The van der Waals surface area contributed by atoms with Crippen LogP contribution in [0.5, 0.6) is 5.75 Å². The van der Waals surface area contributed by atoms with Crippen molar-refractivity contribution < 1.29 is 14.3 Å². The molecule has 0 aliphatic rings. The minimum atomic E-state index is -0.344. The highest BCUT2D eigenvalue weighted by molar-refractivity contribution is 5.97. The number of aryl methyl sites for hydroxylation is 2. The Morgan fingerprint density at radius 2 is 2.00 bits per heavy atom. The molecule has 0 bridgehead atoms. The van der Waals surface area contributed by atoms with Gasteiger partial charge in [-0.1, -0.05) is 29.4 Å². The molecule has 0 aliphatic carbocycles. The highest BCUT2D eigenvalue weighted by Gasteiger charge is 2.08. The average molecular weight is 288 g/mol. The summed E-state index contributed by atoms with van der Waals surface area (Å²) in [6.45, 7) is 3.83. The van der Waals surface area contributed by atoms with Gasteiger partial charge < -0.3 is 15.7 Å². The highest BCUT2D eigenvalue weighted by atomic mass is 19.1. The third-order valence-electron chi connectivity index (χ3n) is 3.29. The van der Waals surface area contributed by atoms with Crippen LogP contribution in [0.4, 0.5) is 4.39 Å². The van der Waals surface area contributed by atoms with Crippen molar-refractivity contribution >= 4 is 5.84 Å². The number of nitrogens with zero attached hydrogens (tertiary/aromatic N) is 1. The maximum absolute atomic E-state index is 13.8. The van der Waals surface area contributed by atoms with E-state index in [-0.39, 0.29) is 24.0 Å². The van der Waals surface area contributed by atoms with Crippen molar-refractivity contribution in [3.8, 4) is 5.75 Å². The summed E-state index contributed by atoms with van der Waals surface area (Å²) in [6.07, 6.45) is 0. The Hall–Kier alpha value is -2.56. The predicted octanol–water partition coefficient (Wildman–Crippen LogP) is 3.12. The number of oxime groups is 1. The van der Waals surface area contributed by atoms with Crippen molar-refractivity contribution in [1.82, 2.24) is 0 Å². The maximum atomic E-state index is 13.8. The summed E-state index contributed by atoms with van der Waals surface area (Å²) in [5.41, 5.74) is 8.54. The van der Waals surface area contributed by atoms with Crippen LogP contribution in [0.3, 0.4) is 0 Å². The molecule has 2 rings (SSSR count). The molecule has 21 heavy (non-hydrogen) atoms. The molecule has 0 saturated carbocycles. The Kier molecular flexibility index (Phi) is 4.42. The number of amidine groups is 1. The fourth-order valence-electron chi connectivity index (χ4n) is 1.96. The molecule has 0 amide bonds. The lowest BCUT2D eigenvalue weighted by atomic mass is 10.1. The van der Waals surface area contributed by atoms with Crippen LogP contribution in [0.15, 0.2) is 41.6 Å². The molecule has 5 heteroatoms. The summed E-state index contributed by atoms with van der Waals surface area (Å²) < 4.78 is 19.4. The number of halogens is 1. The van der Waals surface area contributed by atoms with Gasteiger partial charge in [0.15, 0.2) is 17.4 Å². The third kappa shape index (κ3) is 3.31. The molecule has 110 valence electrons. The summed E-state index contributed by atoms with van der Waals surface area (Å²) >= 11 is 0. The molecule has 0 heterocycles. The predicted molar refractivity (Wildman–Crippen MR) is 79.2 cm³/mol. The zero-order valence-corrected chi connectivity index (χ0v) is 11.9. The largest absolute Gasteiger partial charge is 0.486 e. The van der Waals surface area contributed by atoms with Crippen molar-refractivity contribution in [2.75, 3.05) is 0 Å². The van der Waals surface area contributed by atoms with E-state index in [4.69, 9.17) is 15.7 Å². The SMILES string of the molecule is Cc1cc(/C(N)=N/O)ccc1COc1cccc(C)c1F. The van der Waals surface area contributed by atoms with Gasteiger partial charge in [-0.3, -0.25) is 0 Å². The van der Waals surface area contributed by atoms with Crippen LogP contribution in [0.25, 0.3) is 0 Å². The Balaban J connectivity index is 2.15.